The first kappa shape index (κ1) is 33.8. The van der Waals surface area contributed by atoms with Crippen molar-refractivity contribution in [2.24, 2.45) is 0 Å². The lowest BCUT2D eigenvalue weighted by Gasteiger charge is -2.39. The summed E-state index contributed by atoms with van der Waals surface area (Å²) in [4.78, 5) is 25.8. The van der Waals surface area contributed by atoms with Gasteiger partial charge in [0, 0.05) is 45.0 Å². The first-order valence-electron chi connectivity index (χ1n) is 16.9. The lowest BCUT2D eigenvalue weighted by atomic mass is 9.98. The number of carbonyl (C=O) groups excluding carboxylic acids is 2. The molecular weight excluding hydrogens is 578 g/mol. The van der Waals surface area contributed by atoms with Crippen molar-refractivity contribution in [1.29, 1.82) is 0 Å². The average molecular weight is 628 g/mol. The molecule has 5 rings (SSSR count). The van der Waals surface area contributed by atoms with Crippen molar-refractivity contribution in [3.05, 3.63) is 95.1 Å². The number of nitrogens with zero attached hydrogens (tertiary/aromatic N) is 1. The number of aliphatic hydroxyl groups is 1. The maximum absolute atomic E-state index is 12.4. The molecule has 0 unspecified atom stereocenters. The molecule has 2 fully saturated rings. The first-order chi connectivity index (χ1) is 22.5. The fourth-order valence-corrected chi connectivity index (χ4v) is 6.30. The summed E-state index contributed by atoms with van der Waals surface area (Å²) in [6.45, 7) is 5.85. The zero-order chi connectivity index (χ0) is 32.1. The van der Waals surface area contributed by atoms with Crippen LogP contribution in [-0.4, -0.2) is 54.1 Å². The van der Waals surface area contributed by atoms with Gasteiger partial charge in [-0.05, 0) is 72.7 Å². The van der Waals surface area contributed by atoms with Gasteiger partial charge in [-0.15, -0.1) is 0 Å². The molecule has 0 bridgehead atoms. The maximum Gasteiger partial charge on any atom is 0.220 e. The number of likely N-dealkylation sites (tertiary alicyclic amines) is 1. The van der Waals surface area contributed by atoms with Gasteiger partial charge in [0.05, 0.1) is 18.8 Å². The van der Waals surface area contributed by atoms with Gasteiger partial charge in [0.1, 0.15) is 0 Å². The highest BCUT2D eigenvalue weighted by Gasteiger charge is 2.33. The summed E-state index contributed by atoms with van der Waals surface area (Å²) in [6.07, 6.45) is 7.19. The zero-order valence-electron chi connectivity index (χ0n) is 27.1. The van der Waals surface area contributed by atoms with Crippen LogP contribution in [0, 0.1) is 0 Å². The molecule has 2 saturated heterocycles. The van der Waals surface area contributed by atoms with Gasteiger partial charge in [-0.1, -0.05) is 79.6 Å². The lowest BCUT2D eigenvalue weighted by Crippen LogP contribution is -2.41. The highest BCUT2D eigenvalue weighted by molar-refractivity contribution is 5.76. The molecule has 8 heteroatoms. The van der Waals surface area contributed by atoms with E-state index in [1.54, 1.807) is 0 Å². The molecule has 0 saturated carbocycles. The van der Waals surface area contributed by atoms with Crippen molar-refractivity contribution in [2.75, 3.05) is 26.2 Å². The quantitative estimate of drug-likeness (QED) is 0.184. The summed E-state index contributed by atoms with van der Waals surface area (Å²) in [7, 11) is 0. The Morgan fingerprint density at radius 2 is 1.59 bits per heavy atom. The van der Waals surface area contributed by atoms with E-state index in [-0.39, 0.29) is 30.6 Å². The second kappa shape index (κ2) is 17.4. The smallest absolute Gasteiger partial charge is 0.220 e. The predicted molar refractivity (Wildman–Crippen MR) is 180 cm³/mol. The van der Waals surface area contributed by atoms with Gasteiger partial charge in [-0.3, -0.25) is 9.59 Å². The molecule has 2 aliphatic rings. The minimum Gasteiger partial charge on any atom is -0.392 e. The number of ether oxygens (including phenoxy) is 2. The summed E-state index contributed by atoms with van der Waals surface area (Å²) in [6, 6.07) is 24.7. The van der Waals surface area contributed by atoms with Crippen LogP contribution in [0.2, 0.25) is 0 Å². The van der Waals surface area contributed by atoms with Crippen LogP contribution in [-0.2, 0) is 32.2 Å². The number of piperidine rings is 1. The Labute approximate surface area is 273 Å². The van der Waals surface area contributed by atoms with Gasteiger partial charge < -0.3 is 30.1 Å². The summed E-state index contributed by atoms with van der Waals surface area (Å²) in [5.41, 5.74) is 6.22. The Morgan fingerprint density at radius 3 is 2.33 bits per heavy atom. The molecular formula is C38H49N3O5. The third-order valence-corrected chi connectivity index (χ3v) is 8.91. The number of unbranched alkanes of at least 4 members (excludes halogenated alkanes) is 2. The van der Waals surface area contributed by atoms with Crippen molar-refractivity contribution < 1.29 is 24.2 Å². The summed E-state index contributed by atoms with van der Waals surface area (Å²) < 4.78 is 13.2. The van der Waals surface area contributed by atoms with Gasteiger partial charge in [0.15, 0.2) is 6.29 Å². The number of amides is 2. The van der Waals surface area contributed by atoms with Crippen LogP contribution in [0.5, 0.6) is 0 Å². The number of aliphatic hydroxyl groups excluding tert-OH is 1. The van der Waals surface area contributed by atoms with Crippen LogP contribution in [0.25, 0.3) is 11.1 Å². The van der Waals surface area contributed by atoms with E-state index in [4.69, 9.17) is 9.47 Å². The van der Waals surface area contributed by atoms with Crippen LogP contribution in [0.1, 0.15) is 92.9 Å². The van der Waals surface area contributed by atoms with Crippen molar-refractivity contribution >= 4 is 11.8 Å². The number of carbonyl (C=O) groups is 2. The zero-order valence-corrected chi connectivity index (χ0v) is 27.1. The van der Waals surface area contributed by atoms with E-state index < -0.39 is 6.29 Å². The van der Waals surface area contributed by atoms with Crippen LogP contribution in [0.4, 0.5) is 0 Å². The average Bonchev–Trinajstić information content (AvgIpc) is 3.09. The van der Waals surface area contributed by atoms with Crippen LogP contribution in [0.15, 0.2) is 72.8 Å². The maximum atomic E-state index is 12.4. The Bertz CT molecular complexity index is 1390. The molecule has 0 aliphatic carbocycles. The van der Waals surface area contributed by atoms with Crippen molar-refractivity contribution in [3.63, 3.8) is 0 Å². The van der Waals surface area contributed by atoms with Gasteiger partial charge in [-0.2, -0.15) is 0 Å². The molecule has 0 aromatic heterocycles. The standard InChI is InChI=1S/C38H49N3O5/c1-28(43)39-20-5-2-4-11-37(44)40-25-30-9-8-10-34(23-30)31-16-18-33(19-17-31)38-45-35(26-41-21-6-3-7-22-41)24-36(46-38)32-14-12-29(27-42)13-15-32/h8-10,12-19,23,35-36,38,42H,2-7,11,20-22,24-27H2,1H3,(H,39,43)(H,40,44)/t35-,36+,38+/m0/s1. The van der Waals surface area contributed by atoms with E-state index in [0.29, 0.717) is 19.5 Å². The van der Waals surface area contributed by atoms with E-state index in [1.807, 2.05) is 24.3 Å². The SMILES string of the molecule is CC(=O)NCCCCCC(=O)NCc1cccc(-c2ccc([C@@H]3O[C@H](CN4CCCCC4)C[C@H](c4ccc(CO)cc4)O3)cc2)c1. The Balaban J connectivity index is 1.19. The monoisotopic (exact) mass is 627 g/mol. The molecule has 2 heterocycles. The van der Waals surface area contributed by atoms with E-state index in [9.17, 15) is 14.7 Å². The molecule has 46 heavy (non-hydrogen) atoms. The summed E-state index contributed by atoms with van der Waals surface area (Å²) >= 11 is 0. The summed E-state index contributed by atoms with van der Waals surface area (Å²) in [5.74, 6) is 0.0267. The minimum atomic E-state index is -0.466. The van der Waals surface area contributed by atoms with E-state index >= 15 is 0 Å². The van der Waals surface area contributed by atoms with Gasteiger partial charge >= 0.3 is 0 Å². The lowest BCUT2D eigenvalue weighted by molar-refractivity contribution is -0.253. The molecule has 0 radical (unpaired) electrons. The highest BCUT2D eigenvalue weighted by atomic mass is 16.7. The van der Waals surface area contributed by atoms with E-state index in [0.717, 1.165) is 78.7 Å². The van der Waals surface area contributed by atoms with E-state index in [2.05, 4.69) is 64.1 Å². The second-order valence-electron chi connectivity index (χ2n) is 12.6. The third kappa shape index (κ3) is 10.2. The number of hydrogen-bond acceptors (Lipinski definition) is 6. The fourth-order valence-electron chi connectivity index (χ4n) is 6.30. The van der Waals surface area contributed by atoms with Crippen LogP contribution < -0.4 is 10.6 Å². The molecule has 3 atom stereocenters. The van der Waals surface area contributed by atoms with Crippen molar-refractivity contribution in [3.8, 4) is 11.1 Å². The largest absolute Gasteiger partial charge is 0.392 e. The van der Waals surface area contributed by atoms with Gasteiger partial charge in [0.25, 0.3) is 0 Å². The first-order valence-corrected chi connectivity index (χ1v) is 16.9. The number of hydrogen-bond donors (Lipinski definition) is 3. The van der Waals surface area contributed by atoms with Gasteiger partial charge in [0.2, 0.25) is 11.8 Å². The third-order valence-electron chi connectivity index (χ3n) is 8.91. The topological polar surface area (TPSA) is 100 Å². The summed E-state index contributed by atoms with van der Waals surface area (Å²) in [5, 5.41) is 15.3. The molecule has 2 aliphatic heterocycles. The molecule has 3 N–H and O–H groups in total. The van der Waals surface area contributed by atoms with Crippen LogP contribution >= 0.6 is 0 Å². The fraction of sp³-hybridized carbons (Fsp3) is 0.474. The minimum absolute atomic E-state index is 0.0177. The highest BCUT2D eigenvalue weighted by Crippen LogP contribution is 2.39. The molecule has 0 spiro atoms. The normalized spacial score (nSPS) is 20.3. The molecule has 3 aromatic rings. The number of benzene rings is 3. The molecule has 246 valence electrons. The Hall–Kier alpha value is -3.56. The molecule has 8 nitrogen and oxygen atoms in total. The Kier molecular flexibility index (Phi) is 12.8. The second-order valence-corrected chi connectivity index (χ2v) is 12.6. The predicted octanol–water partition coefficient (Wildman–Crippen LogP) is 6.19. The molecule has 3 aromatic carbocycles. The van der Waals surface area contributed by atoms with Crippen molar-refractivity contribution in [1.82, 2.24) is 15.5 Å². The Morgan fingerprint density at radius 1 is 0.826 bits per heavy atom. The number of nitrogens with one attached hydrogen (secondary N) is 2. The van der Waals surface area contributed by atoms with E-state index in [1.165, 1.54) is 26.2 Å². The van der Waals surface area contributed by atoms with Crippen LogP contribution in [0.3, 0.4) is 0 Å². The van der Waals surface area contributed by atoms with Crippen molar-refractivity contribution in [2.45, 2.75) is 89.9 Å². The van der Waals surface area contributed by atoms with Gasteiger partial charge in [-0.25, -0.2) is 0 Å². The number of rotatable bonds is 14. The molecule has 2 amide bonds.